The number of nitrogens with zero attached hydrogens (tertiary/aromatic N) is 4. The van der Waals surface area contributed by atoms with Crippen molar-refractivity contribution < 1.29 is 4.79 Å². The fraction of sp³-hybridized carbons (Fsp3) is 0.345. The van der Waals surface area contributed by atoms with Gasteiger partial charge in [-0.25, -0.2) is 9.50 Å². The molecule has 37 heavy (non-hydrogen) atoms. The summed E-state index contributed by atoms with van der Waals surface area (Å²) >= 11 is 0. The number of likely N-dealkylation sites (tertiary alicyclic amines) is 1. The van der Waals surface area contributed by atoms with Gasteiger partial charge in [-0.2, -0.15) is 0 Å². The van der Waals surface area contributed by atoms with Crippen LogP contribution in [0.5, 0.6) is 0 Å². The Morgan fingerprint density at radius 3 is 2.54 bits per heavy atom. The van der Waals surface area contributed by atoms with Crippen molar-refractivity contribution in [2.75, 3.05) is 23.7 Å². The molecule has 190 valence electrons. The number of imidazole rings is 1. The van der Waals surface area contributed by atoms with Crippen LogP contribution in [0, 0.1) is 0 Å². The number of anilines is 3. The second-order valence-corrected chi connectivity index (χ2v) is 10.2. The summed E-state index contributed by atoms with van der Waals surface area (Å²) in [5.41, 5.74) is 10.6. The lowest BCUT2D eigenvalue weighted by Crippen LogP contribution is -2.33. The monoisotopic (exact) mass is 495 g/mol. The number of fused-ring (bicyclic) bond motifs is 1. The minimum Gasteiger partial charge on any atom is -0.366 e. The fourth-order valence-corrected chi connectivity index (χ4v) is 5.53. The summed E-state index contributed by atoms with van der Waals surface area (Å²) in [4.78, 5) is 19.6. The van der Waals surface area contributed by atoms with E-state index in [1.807, 2.05) is 47.5 Å². The highest BCUT2D eigenvalue weighted by Crippen LogP contribution is 2.29. The number of aromatic nitrogens is 3. The van der Waals surface area contributed by atoms with E-state index in [-0.39, 0.29) is 5.91 Å². The average molecular weight is 496 g/mol. The zero-order chi connectivity index (χ0) is 25.2. The highest BCUT2D eigenvalue weighted by atomic mass is 16.2. The molecule has 2 fully saturated rings. The molecule has 1 atom stereocenters. The van der Waals surface area contributed by atoms with Gasteiger partial charge in [0, 0.05) is 60.8 Å². The molecule has 1 amide bonds. The molecule has 0 bridgehead atoms. The molecule has 8 nitrogen and oxygen atoms in total. The number of benzene rings is 2. The molecule has 4 aromatic rings. The summed E-state index contributed by atoms with van der Waals surface area (Å²) in [6, 6.07) is 20.9. The third-order valence-corrected chi connectivity index (χ3v) is 7.64. The Bertz CT molecular complexity index is 1360. The van der Waals surface area contributed by atoms with E-state index in [9.17, 15) is 4.79 Å². The first-order valence-corrected chi connectivity index (χ1v) is 13.2. The smallest absolute Gasteiger partial charge is 0.253 e. The van der Waals surface area contributed by atoms with E-state index in [1.54, 1.807) is 10.7 Å². The van der Waals surface area contributed by atoms with E-state index in [1.165, 1.54) is 5.56 Å². The highest BCUT2D eigenvalue weighted by Gasteiger charge is 2.28. The topological polar surface area (TPSA) is 101 Å². The van der Waals surface area contributed by atoms with Gasteiger partial charge in [-0.3, -0.25) is 4.79 Å². The van der Waals surface area contributed by atoms with Gasteiger partial charge >= 0.3 is 0 Å². The Morgan fingerprint density at radius 1 is 0.973 bits per heavy atom. The first-order valence-electron chi connectivity index (χ1n) is 13.2. The highest BCUT2D eigenvalue weighted by molar-refractivity contribution is 5.95. The summed E-state index contributed by atoms with van der Waals surface area (Å²) in [6.07, 6.45) is 8.76. The number of amides is 1. The Morgan fingerprint density at radius 2 is 1.76 bits per heavy atom. The van der Waals surface area contributed by atoms with Crippen LogP contribution in [-0.2, 0) is 0 Å². The molecule has 1 aliphatic heterocycles. The lowest BCUT2D eigenvalue weighted by molar-refractivity contribution is 0.0791. The Balaban J connectivity index is 1.14. The molecular weight excluding hydrogens is 462 g/mol. The second-order valence-electron chi connectivity index (χ2n) is 10.2. The fourth-order valence-electron chi connectivity index (χ4n) is 5.53. The van der Waals surface area contributed by atoms with Gasteiger partial charge in [0.25, 0.3) is 5.91 Å². The zero-order valence-electron chi connectivity index (χ0n) is 20.9. The van der Waals surface area contributed by atoms with E-state index < -0.39 is 0 Å². The van der Waals surface area contributed by atoms with Gasteiger partial charge in [0.15, 0.2) is 5.65 Å². The third kappa shape index (κ3) is 5.15. The van der Waals surface area contributed by atoms with Crippen molar-refractivity contribution in [1.29, 1.82) is 0 Å². The molecule has 1 aliphatic carbocycles. The second kappa shape index (κ2) is 10.2. The maximum Gasteiger partial charge on any atom is 0.253 e. The van der Waals surface area contributed by atoms with Gasteiger partial charge in [0.05, 0.1) is 5.69 Å². The number of carbonyl (C=O) groups is 1. The summed E-state index contributed by atoms with van der Waals surface area (Å²) in [6.45, 7) is 1.55. The largest absolute Gasteiger partial charge is 0.366 e. The summed E-state index contributed by atoms with van der Waals surface area (Å²) in [5, 5.41) is 11.7. The normalized spacial score (nSPS) is 21.8. The predicted molar refractivity (Wildman–Crippen MR) is 146 cm³/mol. The molecule has 2 aliphatic rings. The summed E-state index contributed by atoms with van der Waals surface area (Å²) in [5.74, 6) is 1.30. The minimum atomic E-state index is 0.0863. The molecule has 3 heterocycles. The standard InChI is InChI=1S/C29H33N7O/c30-23-8-12-25(13-9-23)33-27-18-26(28-31-15-17-36(28)34-27)32-24-10-6-21(7-11-24)29(37)35-16-14-22(19-35)20-4-2-1-3-5-20/h1-7,10-11,15,17-18,22-23,25,32H,8-9,12-14,16,19,30H2,(H,33,34)/t22?,23-,25-. The summed E-state index contributed by atoms with van der Waals surface area (Å²) < 4.78 is 1.79. The molecule has 1 saturated heterocycles. The first kappa shape index (κ1) is 23.5. The molecule has 4 N–H and O–H groups in total. The maximum atomic E-state index is 13.2. The van der Waals surface area contributed by atoms with Crippen LogP contribution >= 0.6 is 0 Å². The molecule has 1 saturated carbocycles. The Labute approximate surface area is 216 Å². The lowest BCUT2D eigenvalue weighted by Gasteiger charge is -2.27. The van der Waals surface area contributed by atoms with Gasteiger partial charge in [-0.05, 0) is 61.9 Å². The van der Waals surface area contributed by atoms with Crippen LogP contribution in [0.15, 0.2) is 73.1 Å². The average Bonchev–Trinajstić information content (AvgIpc) is 3.61. The van der Waals surface area contributed by atoms with E-state index >= 15 is 0 Å². The van der Waals surface area contributed by atoms with Crippen molar-refractivity contribution in [2.24, 2.45) is 5.73 Å². The van der Waals surface area contributed by atoms with Crippen LogP contribution in [0.25, 0.3) is 5.65 Å². The molecule has 6 rings (SSSR count). The van der Waals surface area contributed by atoms with Crippen LogP contribution in [0.3, 0.4) is 0 Å². The number of nitrogens with one attached hydrogen (secondary N) is 2. The lowest BCUT2D eigenvalue weighted by atomic mass is 9.92. The van der Waals surface area contributed by atoms with Crippen molar-refractivity contribution >= 4 is 28.7 Å². The van der Waals surface area contributed by atoms with Gasteiger partial charge < -0.3 is 21.3 Å². The molecule has 0 radical (unpaired) electrons. The van der Waals surface area contributed by atoms with Crippen LogP contribution < -0.4 is 16.4 Å². The molecule has 2 aromatic heterocycles. The van der Waals surface area contributed by atoms with Crippen LogP contribution in [-0.4, -0.2) is 50.6 Å². The number of nitrogens with two attached hydrogens (primary N) is 1. The van der Waals surface area contributed by atoms with Crippen molar-refractivity contribution in [2.45, 2.75) is 50.1 Å². The van der Waals surface area contributed by atoms with Crippen molar-refractivity contribution in [3.05, 3.63) is 84.2 Å². The number of rotatable bonds is 6. The number of hydrogen-bond acceptors (Lipinski definition) is 6. The van der Waals surface area contributed by atoms with Gasteiger partial charge in [0.2, 0.25) is 0 Å². The van der Waals surface area contributed by atoms with Crippen LogP contribution in [0.2, 0.25) is 0 Å². The van der Waals surface area contributed by atoms with Gasteiger partial charge in [-0.15, -0.1) is 5.10 Å². The zero-order valence-corrected chi connectivity index (χ0v) is 20.9. The minimum absolute atomic E-state index is 0.0863. The predicted octanol–water partition coefficient (Wildman–Crippen LogP) is 4.78. The van der Waals surface area contributed by atoms with E-state index in [0.717, 1.165) is 68.0 Å². The molecule has 2 aromatic carbocycles. The quantitative estimate of drug-likeness (QED) is 0.356. The molecule has 8 heteroatoms. The summed E-state index contributed by atoms with van der Waals surface area (Å²) in [7, 11) is 0. The van der Waals surface area contributed by atoms with E-state index in [0.29, 0.717) is 23.6 Å². The number of carbonyl (C=O) groups excluding carboxylic acids is 1. The first-order chi connectivity index (χ1) is 18.1. The van der Waals surface area contributed by atoms with Gasteiger partial charge in [0.1, 0.15) is 5.82 Å². The maximum absolute atomic E-state index is 13.2. The Hall–Kier alpha value is -3.91. The van der Waals surface area contributed by atoms with E-state index in [2.05, 4.69) is 45.0 Å². The van der Waals surface area contributed by atoms with E-state index in [4.69, 9.17) is 5.73 Å². The third-order valence-electron chi connectivity index (χ3n) is 7.64. The molecule has 1 unspecified atom stereocenters. The number of hydrogen-bond donors (Lipinski definition) is 3. The van der Waals surface area contributed by atoms with Crippen LogP contribution in [0.1, 0.15) is 53.9 Å². The molecule has 0 spiro atoms. The Kier molecular flexibility index (Phi) is 6.49. The van der Waals surface area contributed by atoms with Crippen LogP contribution in [0.4, 0.5) is 17.2 Å². The van der Waals surface area contributed by atoms with Crippen molar-refractivity contribution in [3.8, 4) is 0 Å². The van der Waals surface area contributed by atoms with Crippen molar-refractivity contribution in [1.82, 2.24) is 19.5 Å². The molecular formula is C29H33N7O. The van der Waals surface area contributed by atoms with Crippen molar-refractivity contribution in [3.63, 3.8) is 0 Å². The SMILES string of the molecule is N[C@H]1CC[C@H](Nc2cc(Nc3ccc(C(=O)N4CCC(c5ccccc5)C4)cc3)c3nccn3n2)CC1. The van der Waals surface area contributed by atoms with Gasteiger partial charge in [-0.1, -0.05) is 30.3 Å².